The van der Waals surface area contributed by atoms with Gasteiger partial charge in [0.1, 0.15) is 16.7 Å². The zero-order valence-corrected chi connectivity index (χ0v) is 17.0. The molecule has 1 aromatic carbocycles. The summed E-state index contributed by atoms with van der Waals surface area (Å²) < 4.78 is 1.33. The number of primary amides is 1. The van der Waals surface area contributed by atoms with Crippen LogP contribution in [0.25, 0.3) is 10.2 Å². The Bertz CT molecular complexity index is 1150. The molecule has 0 bridgehead atoms. The number of benzene rings is 1. The highest BCUT2D eigenvalue weighted by Crippen LogP contribution is 2.29. The summed E-state index contributed by atoms with van der Waals surface area (Å²) in [4.78, 5) is 43.1. The van der Waals surface area contributed by atoms with Gasteiger partial charge in [-0.15, -0.1) is 11.3 Å². The number of nitrogens with two attached hydrogens (primary N) is 1. The van der Waals surface area contributed by atoms with Crippen LogP contribution in [0.5, 0.6) is 0 Å². The molecular formula is C20H22N4O3S. The highest BCUT2D eigenvalue weighted by molar-refractivity contribution is 7.20. The Morgan fingerprint density at radius 2 is 1.93 bits per heavy atom. The van der Waals surface area contributed by atoms with Crippen molar-refractivity contribution in [2.45, 2.75) is 40.2 Å². The number of aryl methyl sites for hydroxylation is 3. The molecule has 1 unspecified atom stereocenters. The van der Waals surface area contributed by atoms with Gasteiger partial charge in [-0.3, -0.25) is 19.0 Å². The summed E-state index contributed by atoms with van der Waals surface area (Å²) in [6.07, 6.45) is 0.382. The molecule has 8 heteroatoms. The molecule has 0 aliphatic rings. The SMILES string of the molecule is CCC(C(N)=O)n1c(C)nc2sc(C(=O)Nc3ccccc3C)c(C)c2c1=O. The van der Waals surface area contributed by atoms with Crippen LogP contribution in [-0.4, -0.2) is 21.4 Å². The zero-order valence-electron chi connectivity index (χ0n) is 16.2. The maximum atomic E-state index is 13.1. The number of carbonyl (C=O) groups excluding carboxylic acids is 2. The van der Waals surface area contributed by atoms with Gasteiger partial charge in [0, 0.05) is 5.69 Å². The Morgan fingerprint density at radius 1 is 1.25 bits per heavy atom. The van der Waals surface area contributed by atoms with Crippen LogP contribution in [0.3, 0.4) is 0 Å². The summed E-state index contributed by atoms with van der Waals surface area (Å²) in [6.45, 7) is 7.08. The number of fused-ring (bicyclic) bond motifs is 1. The molecular weight excluding hydrogens is 376 g/mol. The Morgan fingerprint density at radius 3 is 2.54 bits per heavy atom. The molecule has 0 saturated carbocycles. The lowest BCUT2D eigenvalue weighted by Crippen LogP contribution is -2.35. The van der Waals surface area contributed by atoms with Crippen LogP contribution in [0.4, 0.5) is 5.69 Å². The number of anilines is 1. The fraction of sp³-hybridized carbons (Fsp3) is 0.300. The monoisotopic (exact) mass is 398 g/mol. The van der Waals surface area contributed by atoms with Gasteiger partial charge in [-0.1, -0.05) is 25.1 Å². The van der Waals surface area contributed by atoms with Crippen LogP contribution in [0.15, 0.2) is 29.1 Å². The minimum absolute atomic E-state index is 0.291. The molecule has 3 rings (SSSR count). The van der Waals surface area contributed by atoms with E-state index < -0.39 is 11.9 Å². The van der Waals surface area contributed by atoms with Crippen molar-refractivity contribution in [3.05, 3.63) is 56.4 Å². The van der Waals surface area contributed by atoms with Crippen molar-refractivity contribution in [1.82, 2.24) is 9.55 Å². The van der Waals surface area contributed by atoms with Crippen LogP contribution < -0.4 is 16.6 Å². The molecule has 0 spiro atoms. The molecule has 3 aromatic rings. The maximum absolute atomic E-state index is 13.1. The first-order valence-electron chi connectivity index (χ1n) is 8.94. The van der Waals surface area contributed by atoms with Crippen molar-refractivity contribution in [3.63, 3.8) is 0 Å². The maximum Gasteiger partial charge on any atom is 0.266 e. The summed E-state index contributed by atoms with van der Waals surface area (Å²) in [6, 6.07) is 6.70. The third-order valence-corrected chi connectivity index (χ3v) is 5.98. The van der Waals surface area contributed by atoms with E-state index in [0.717, 1.165) is 5.56 Å². The van der Waals surface area contributed by atoms with E-state index in [4.69, 9.17) is 5.73 Å². The van der Waals surface area contributed by atoms with Crippen molar-refractivity contribution < 1.29 is 9.59 Å². The van der Waals surface area contributed by atoms with Gasteiger partial charge in [-0.2, -0.15) is 0 Å². The van der Waals surface area contributed by atoms with Crippen LogP contribution >= 0.6 is 11.3 Å². The molecule has 2 amide bonds. The summed E-state index contributed by atoms with van der Waals surface area (Å²) in [5, 5.41) is 3.24. The number of aromatic nitrogens is 2. The van der Waals surface area contributed by atoms with Crippen LogP contribution in [0, 0.1) is 20.8 Å². The number of nitrogens with one attached hydrogen (secondary N) is 1. The van der Waals surface area contributed by atoms with Gasteiger partial charge in [0.15, 0.2) is 0 Å². The highest BCUT2D eigenvalue weighted by Gasteiger charge is 2.25. The van der Waals surface area contributed by atoms with Gasteiger partial charge in [0.2, 0.25) is 5.91 Å². The van der Waals surface area contributed by atoms with Crippen molar-refractivity contribution in [1.29, 1.82) is 0 Å². The quantitative estimate of drug-likeness (QED) is 0.689. The summed E-state index contributed by atoms with van der Waals surface area (Å²) >= 11 is 1.17. The first kappa shape index (κ1) is 19.8. The lowest BCUT2D eigenvalue weighted by atomic mass is 10.1. The van der Waals surface area contributed by atoms with E-state index in [1.807, 2.05) is 31.2 Å². The van der Waals surface area contributed by atoms with Crippen molar-refractivity contribution in [2.75, 3.05) is 5.32 Å². The highest BCUT2D eigenvalue weighted by atomic mass is 32.1. The number of amides is 2. The van der Waals surface area contributed by atoms with E-state index in [9.17, 15) is 14.4 Å². The van der Waals surface area contributed by atoms with Gasteiger partial charge in [0.05, 0.1) is 10.3 Å². The van der Waals surface area contributed by atoms with E-state index in [1.165, 1.54) is 15.9 Å². The normalized spacial score (nSPS) is 12.1. The Labute approximate surface area is 166 Å². The molecule has 146 valence electrons. The topological polar surface area (TPSA) is 107 Å². The fourth-order valence-electron chi connectivity index (χ4n) is 3.28. The minimum atomic E-state index is -0.770. The van der Waals surface area contributed by atoms with E-state index in [2.05, 4.69) is 10.3 Å². The van der Waals surface area contributed by atoms with Crippen molar-refractivity contribution in [3.8, 4) is 0 Å². The van der Waals surface area contributed by atoms with E-state index in [-0.39, 0.29) is 11.5 Å². The number of para-hydroxylation sites is 1. The third kappa shape index (κ3) is 3.31. The van der Waals surface area contributed by atoms with Crippen LogP contribution in [0.2, 0.25) is 0 Å². The van der Waals surface area contributed by atoms with E-state index in [0.29, 0.717) is 38.6 Å². The molecule has 7 nitrogen and oxygen atoms in total. The van der Waals surface area contributed by atoms with Gasteiger partial charge in [-0.25, -0.2) is 4.98 Å². The standard InChI is InChI=1S/C20H22N4O3S/c1-5-14(17(21)25)24-12(4)22-19-15(20(24)27)11(3)16(28-19)18(26)23-13-9-7-6-8-10(13)2/h6-9,14H,5H2,1-4H3,(H2,21,25)(H,23,26). The second-order valence-corrected chi connectivity index (χ2v) is 7.67. The van der Waals surface area contributed by atoms with E-state index in [1.54, 1.807) is 20.8 Å². The number of nitrogens with zero attached hydrogens (tertiary/aromatic N) is 2. The molecule has 0 aliphatic carbocycles. The van der Waals surface area contributed by atoms with Gasteiger partial charge >= 0.3 is 0 Å². The predicted molar refractivity (Wildman–Crippen MR) is 111 cm³/mol. The lowest BCUT2D eigenvalue weighted by molar-refractivity contribution is -0.121. The largest absolute Gasteiger partial charge is 0.368 e. The van der Waals surface area contributed by atoms with E-state index >= 15 is 0 Å². The molecule has 3 N–H and O–H groups in total. The predicted octanol–water partition coefficient (Wildman–Crippen LogP) is 3.07. The lowest BCUT2D eigenvalue weighted by Gasteiger charge is -2.17. The Kier molecular flexibility index (Phi) is 5.33. The smallest absolute Gasteiger partial charge is 0.266 e. The molecule has 0 saturated heterocycles. The first-order chi connectivity index (χ1) is 13.3. The molecule has 2 aromatic heterocycles. The second-order valence-electron chi connectivity index (χ2n) is 6.67. The van der Waals surface area contributed by atoms with Gasteiger partial charge in [0.25, 0.3) is 11.5 Å². The van der Waals surface area contributed by atoms with Gasteiger partial charge in [-0.05, 0) is 44.4 Å². The number of hydrogen-bond acceptors (Lipinski definition) is 5. The molecule has 0 aliphatic heterocycles. The summed E-state index contributed by atoms with van der Waals surface area (Å²) in [5.41, 5.74) is 7.32. The zero-order chi connectivity index (χ0) is 20.6. The molecule has 28 heavy (non-hydrogen) atoms. The molecule has 1 atom stereocenters. The summed E-state index contributed by atoms with van der Waals surface area (Å²) in [5.74, 6) is -0.477. The number of hydrogen-bond donors (Lipinski definition) is 2. The van der Waals surface area contributed by atoms with Gasteiger partial charge < -0.3 is 11.1 Å². The Balaban J connectivity index is 2.12. The molecule has 0 radical (unpaired) electrons. The third-order valence-electron chi connectivity index (χ3n) is 4.80. The number of rotatable bonds is 5. The fourth-order valence-corrected chi connectivity index (χ4v) is 4.40. The first-order valence-corrected chi connectivity index (χ1v) is 9.76. The van der Waals surface area contributed by atoms with Crippen molar-refractivity contribution >= 4 is 39.1 Å². The molecule has 2 heterocycles. The van der Waals surface area contributed by atoms with Crippen LogP contribution in [-0.2, 0) is 4.79 Å². The number of thiophene rings is 1. The molecule has 0 fully saturated rings. The van der Waals surface area contributed by atoms with Crippen molar-refractivity contribution in [2.24, 2.45) is 5.73 Å². The van der Waals surface area contributed by atoms with Crippen LogP contribution in [0.1, 0.15) is 46.0 Å². The average molecular weight is 398 g/mol. The average Bonchev–Trinajstić information content (AvgIpc) is 2.96. The second kappa shape index (κ2) is 7.55. The minimum Gasteiger partial charge on any atom is -0.368 e. The number of carbonyl (C=O) groups is 2. The summed E-state index contributed by atoms with van der Waals surface area (Å²) in [7, 11) is 0. The Hall–Kier alpha value is -3.00.